The van der Waals surface area contributed by atoms with E-state index in [-0.39, 0.29) is 17.8 Å². The molecule has 0 aliphatic heterocycles. The zero-order chi connectivity index (χ0) is 14.3. The normalized spacial score (nSPS) is 11.9. The lowest BCUT2D eigenvalue weighted by molar-refractivity contribution is -0.133. The zero-order valence-electron chi connectivity index (χ0n) is 10.3. The van der Waals surface area contributed by atoms with Crippen LogP contribution in [0.5, 0.6) is 0 Å². The Labute approximate surface area is 104 Å². The molecule has 0 aromatic carbocycles. The summed E-state index contributed by atoms with van der Waals surface area (Å²) in [7, 11) is 0. The SMILES string of the molecule is CCOC(=O)N(C=C(C)C(=O)O)C=C(C)C(=O)O. The highest BCUT2D eigenvalue weighted by atomic mass is 16.6. The third-order valence-electron chi connectivity index (χ3n) is 1.82. The smallest absolute Gasteiger partial charge is 0.417 e. The van der Waals surface area contributed by atoms with Crippen molar-refractivity contribution in [3.05, 3.63) is 23.5 Å². The van der Waals surface area contributed by atoms with Crippen molar-refractivity contribution in [2.45, 2.75) is 20.8 Å². The number of hydrogen-bond donors (Lipinski definition) is 2. The number of rotatable bonds is 5. The van der Waals surface area contributed by atoms with Gasteiger partial charge in [-0.2, -0.15) is 0 Å². The van der Waals surface area contributed by atoms with Crippen LogP contribution >= 0.6 is 0 Å². The molecule has 2 N–H and O–H groups in total. The molecule has 0 saturated carbocycles. The Morgan fingerprint density at radius 2 is 1.44 bits per heavy atom. The van der Waals surface area contributed by atoms with Gasteiger partial charge in [0.1, 0.15) is 0 Å². The van der Waals surface area contributed by atoms with Gasteiger partial charge in [0.15, 0.2) is 0 Å². The first kappa shape index (κ1) is 15.7. The van der Waals surface area contributed by atoms with Crippen LogP contribution in [0.15, 0.2) is 23.5 Å². The van der Waals surface area contributed by atoms with Crippen molar-refractivity contribution >= 4 is 18.0 Å². The molecule has 100 valence electrons. The summed E-state index contributed by atoms with van der Waals surface area (Å²) in [5.41, 5.74) is -0.255. The highest BCUT2D eigenvalue weighted by Crippen LogP contribution is 2.05. The molecule has 0 saturated heterocycles. The maximum absolute atomic E-state index is 11.5. The fraction of sp³-hybridized carbons (Fsp3) is 0.364. The number of carbonyl (C=O) groups is 3. The summed E-state index contributed by atoms with van der Waals surface area (Å²) in [6, 6.07) is 0. The van der Waals surface area contributed by atoms with Crippen molar-refractivity contribution < 1.29 is 29.3 Å². The molecule has 0 rings (SSSR count). The largest absolute Gasteiger partial charge is 0.478 e. The quantitative estimate of drug-likeness (QED) is 0.722. The molecule has 0 aliphatic carbocycles. The fourth-order valence-corrected chi connectivity index (χ4v) is 0.868. The lowest BCUT2D eigenvalue weighted by Gasteiger charge is -2.14. The van der Waals surface area contributed by atoms with E-state index in [4.69, 9.17) is 10.2 Å². The van der Waals surface area contributed by atoms with Gasteiger partial charge in [-0.25, -0.2) is 14.4 Å². The van der Waals surface area contributed by atoms with Gasteiger partial charge < -0.3 is 14.9 Å². The molecule has 0 aromatic heterocycles. The standard InChI is InChI=1S/C11H15NO6/c1-4-18-11(17)12(5-7(2)9(13)14)6-8(3)10(15)16/h5-6H,4H2,1-3H3,(H,13,14)(H,15,16). The molecule has 0 atom stereocenters. The number of carboxylic acids is 2. The van der Waals surface area contributed by atoms with Crippen LogP contribution in [0.3, 0.4) is 0 Å². The average molecular weight is 257 g/mol. The summed E-state index contributed by atoms with van der Waals surface area (Å²) in [4.78, 5) is 33.6. The molecule has 0 heterocycles. The van der Waals surface area contributed by atoms with E-state index in [1.54, 1.807) is 6.92 Å². The van der Waals surface area contributed by atoms with Crippen LogP contribution in [0.2, 0.25) is 0 Å². The van der Waals surface area contributed by atoms with Crippen molar-refractivity contribution in [1.82, 2.24) is 4.90 Å². The topological polar surface area (TPSA) is 104 Å². The van der Waals surface area contributed by atoms with Gasteiger partial charge in [-0.15, -0.1) is 0 Å². The highest BCUT2D eigenvalue weighted by molar-refractivity contribution is 5.88. The van der Waals surface area contributed by atoms with Gasteiger partial charge >= 0.3 is 18.0 Å². The monoisotopic (exact) mass is 257 g/mol. The fourth-order valence-electron chi connectivity index (χ4n) is 0.868. The molecule has 1 amide bonds. The second-order valence-corrected chi connectivity index (χ2v) is 3.34. The third-order valence-corrected chi connectivity index (χ3v) is 1.82. The number of nitrogens with zero attached hydrogens (tertiary/aromatic N) is 1. The molecular weight excluding hydrogens is 242 g/mol. The number of ether oxygens (including phenoxy) is 1. The molecule has 0 aromatic rings. The van der Waals surface area contributed by atoms with Gasteiger partial charge in [-0.05, 0) is 20.8 Å². The molecule has 18 heavy (non-hydrogen) atoms. The van der Waals surface area contributed by atoms with Crippen LogP contribution in [0.1, 0.15) is 20.8 Å². The van der Waals surface area contributed by atoms with E-state index in [1.807, 2.05) is 0 Å². The van der Waals surface area contributed by atoms with Crippen LogP contribution in [-0.4, -0.2) is 39.8 Å². The number of hydrogen-bond acceptors (Lipinski definition) is 4. The molecular formula is C11H15NO6. The summed E-state index contributed by atoms with van der Waals surface area (Å²) in [5, 5.41) is 17.4. The second-order valence-electron chi connectivity index (χ2n) is 3.34. The van der Waals surface area contributed by atoms with Crippen molar-refractivity contribution in [2.24, 2.45) is 0 Å². The van der Waals surface area contributed by atoms with Crippen molar-refractivity contribution in [1.29, 1.82) is 0 Å². The second kappa shape index (κ2) is 7.10. The Morgan fingerprint density at radius 1 is 1.06 bits per heavy atom. The summed E-state index contributed by atoms with van der Waals surface area (Å²) < 4.78 is 4.68. The van der Waals surface area contributed by atoms with E-state index < -0.39 is 18.0 Å². The van der Waals surface area contributed by atoms with Crippen molar-refractivity contribution in [3.63, 3.8) is 0 Å². The molecule has 7 nitrogen and oxygen atoms in total. The maximum Gasteiger partial charge on any atom is 0.417 e. The van der Waals surface area contributed by atoms with E-state index >= 15 is 0 Å². The molecule has 7 heteroatoms. The minimum Gasteiger partial charge on any atom is -0.478 e. The Balaban J connectivity index is 5.25. The van der Waals surface area contributed by atoms with Gasteiger partial charge in [0.05, 0.1) is 17.8 Å². The number of carboxylic acid groups (broad SMARTS) is 2. The third kappa shape index (κ3) is 5.15. The number of carbonyl (C=O) groups excluding carboxylic acids is 1. The maximum atomic E-state index is 11.5. The average Bonchev–Trinajstić information content (AvgIpc) is 2.27. The first-order valence-electron chi connectivity index (χ1n) is 5.08. The zero-order valence-corrected chi connectivity index (χ0v) is 10.3. The van der Waals surface area contributed by atoms with Crippen molar-refractivity contribution in [2.75, 3.05) is 6.61 Å². The molecule has 0 fully saturated rings. The number of aliphatic carboxylic acids is 2. The Bertz CT molecular complexity index is 380. The minimum atomic E-state index is -1.22. The van der Waals surface area contributed by atoms with Crippen LogP contribution in [-0.2, 0) is 14.3 Å². The predicted octanol–water partition coefficient (Wildman–Crippen LogP) is 1.42. The summed E-state index contributed by atoms with van der Waals surface area (Å²) >= 11 is 0. The van der Waals surface area contributed by atoms with Crippen LogP contribution in [0, 0.1) is 0 Å². The van der Waals surface area contributed by atoms with E-state index in [2.05, 4.69) is 4.74 Å². The van der Waals surface area contributed by atoms with Gasteiger partial charge in [-0.1, -0.05) is 0 Å². The van der Waals surface area contributed by atoms with Crippen LogP contribution in [0.4, 0.5) is 4.79 Å². The first-order valence-corrected chi connectivity index (χ1v) is 5.08. The number of amides is 1. The van der Waals surface area contributed by atoms with E-state index in [0.29, 0.717) is 0 Å². The predicted molar refractivity (Wildman–Crippen MR) is 61.6 cm³/mol. The van der Waals surface area contributed by atoms with E-state index in [1.165, 1.54) is 13.8 Å². The Hall–Kier alpha value is -2.31. The molecule has 0 aliphatic rings. The van der Waals surface area contributed by atoms with Crippen molar-refractivity contribution in [3.8, 4) is 0 Å². The van der Waals surface area contributed by atoms with E-state index in [0.717, 1.165) is 17.3 Å². The van der Waals surface area contributed by atoms with Gasteiger partial charge in [-0.3, -0.25) is 4.90 Å². The molecule has 0 bridgehead atoms. The summed E-state index contributed by atoms with van der Waals surface area (Å²) in [6.45, 7) is 4.23. The Kier molecular flexibility index (Phi) is 6.19. The lowest BCUT2D eigenvalue weighted by Crippen LogP contribution is -2.23. The van der Waals surface area contributed by atoms with Gasteiger partial charge in [0.2, 0.25) is 0 Å². The molecule has 0 spiro atoms. The van der Waals surface area contributed by atoms with Gasteiger partial charge in [0.25, 0.3) is 0 Å². The van der Waals surface area contributed by atoms with Gasteiger partial charge in [0, 0.05) is 12.4 Å². The van der Waals surface area contributed by atoms with E-state index in [9.17, 15) is 14.4 Å². The summed E-state index contributed by atoms with van der Waals surface area (Å²) in [6.07, 6.45) is 1.14. The van der Waals surface area contributed by atoms with Crippen LogP contribution < -0.4 is 0 Å². The lowest BCUT2D eigenvalue weighted by atomic mass is 10.3. The molecule has 0 radical (unpaired) electrons. The Morgan fingerprint density at radius 3 is 1.72 bits per heavy atom. The minimum absolute atomic E-state index is 0.0925. The highest BCUT2D eigenvalue weighted by Gasteiger charge is 2.14. The first-order chi connectivity index (χ1) is 8.29. The molecule has 0 unspecified atom stereocenters. The van der Waals surface area contributed by atoms with Crippen LogP contribution in [0.25, 0.3) is 0 Å². The summed E-state index contributed by atoms with van der Waals surface area (Å²) in [5.74, 6) is -2.43.